The molecule has 0 aliphatic carbocycles. The van der Waals surface area contributed by atoms with Gasteiger partial charge in [-0.2, -0.15) is 0 Å². The van der Waals surface area contributed by atoms with Crippen LogP contribution in [0.4, 0.5) is 5.82 Å². The van der Waals surface area contributed by atoms with Gasteiger partial charge in [-0.3, -0.25) is 4.98 Å². The second kappa shape index (κ2) is 6.70. The highest BCUT2D eigenvalue weighted by atomic mass is 16.5. The zero-order chi connectivity index (χ0) is 13.5. The van der Waals surface area contributed by atoms with E-state index in [2.05, 4.69) is 15.3 Å². The molecule has 0 atom stereocenters. The molecule has 0 saturated carbocycles. The Morgan fingerprint density at radius 2 is 2.05 bits per heavy atom. The molecule has 5 nitrogen and oxygen atoms in total. The zero-order valence-electron chi connectivity index (χ0n) is 10.8. The monoisotopic (exact) mass is 259 g/mol. The lowest BCUT2D eigenvalue weighted by molar-refractivity contribution is 0.257. The Morgan fingerprint density at radius 1 is 1.21 bits per heavy atom. The first-order chi connectivity index (χ1) is 9.33. The van der Waals surface area contributed by atoms with Crippen molar-refractivity contribution in [1.82, 2.24) is 9.97 Å². The first-order valence-corrected chi connectivity index (χ1v) is 6.20. The molecule has 2 rings (SSSR count). The molecule has 1 aromatic heterocycles. The number of benzene rings is 1. The lowest BCUT2D eigenvalue weighted by Crippen LogP contribution is -2.04. The average Bonchev–Trinajstić information content (AvgIpc) is 2.47. The summed E-state index contributed by atoms with van der Waals surface area (Å²) >= 11 is 0. The highest BCUT2D eigenvalue weighted by Crippen LogP contribution is 2.18. The van der Waals surface area contributed by atoms with Gasteiger partial charge in [-0.25, -0.2) is 4.98 Å². The smallest absolute Gasteiger partial charge is 0.144 e. The van der Waals surface area contributed by atoms with Gasteiger partial charge in [-0.15, -0.1) is 0 Å². The van der Waals surface area contributed by atoms with Crippen molar-refractivity contribution in [1.29, 1.82) is 0 Å². The summed E-state index contributed by atoms with van der Waals surface area (Å²) in [6.45, 7) is 3.11. The van der Waals surface area contributed by atoms with Crippen LogP contribution in [0.5, 0.6) is 5.75 Å². The van der Waals surface area contributed by atoms with Gasteiger partial charge >= 0.3 is 0 Å². The second-order valence-corrected chi connectivity index (χ2v) is 3.98. The second-order valence-electron chi connectivity index (χ2n) is 3.98. The van der Waals surface area contributed by atoms with Crippen molar-refractivity contribution in [2.24, 2.45) is 0 Å². The number of ether oxygens (including phenoxy) is 1. The van der Waals surface area contributed by atoms with E-state index in [0.717, 1.165) is 23.6 Å². The maximum atomic E-state index is 9.19. The van der Waals surface area contributed by atoms with Crippen molar-refractivity contribution in [3.05, 3.63) is 47.9 Å². The summed E-state index contributed by atoms with van der Waals surface area (Å²) < 4.78 is 5.63. The number of hydrogen-bond acceptors (Lipinski definition) is 5. The molecule has 5 heteroatoms. The summed E-state index contributed by atoms with van der Waals surface area (Å²) in [5, 5.41) is 12.3. The molecule has 0 amide bonds. The van der Waals surface area contributed by atoms with E-state index in [-0.39, 0.29) is 6.61 Å². The zero-order valence-corrected chi connectivity index (χ0v) is 10.8. The Hall–Kier alpha value is -2.14. The number of aromatic nitrogens is 2. The van der Waals surface area contributed by atoms with Crippen LogP contribution in [0, 0.1) is 0 Å². The maximum absolute atomic E-state index is 9.19. The third-order valence-electron chi connectivity index (χ3n) is 2.58. The van der Waals surface area contributed by atoms with E-state index in [4.69, 9.17) is 4.74 Å². The van der Waals surface area contributed by atoms with E-state index < -0.39 is 0 Å². The Morgan fingerprint density at radius 3 is 2.74 bits per heavy atom. The van der Waals surface area contributed by atoms with Crippen LogP contribution in [0.15, 0.2) is 36.7 Å². The van der Waals surface area contributed by atoms with E-state index in [1.807, 2.05) is 31.2 Å². The third-order valence-corrected chi connectivity index (χ3v) is 2.58. The number of aliphatic hydroxyl groups is 1. The van der Waals surface area contributed by atoms with Gasteiger partial charge in [0, 0.05) is 12.1 Å². The molecule has 0 radical (unpaired) electrons. The van der Waals surface area contributed by atoms with Crippen molar-refractivity contribution >= 4 is 5.82 Å². The summed E-state index contributed by atoms with van der Waals surface area (Å²) in [5.41, 5.74) is 1.51. The molecule has 1 aromatic carbocycles. The van der Waals surface area contributed by atoms with Crippen LogP contribution in [-0.2, 0) is 13.2 Å². The van der Waals surface area contributed by atoms with Crippen LogP contribution >= 0.6 is 0 Å². The molecular weight excluding hydrogens is 242 g/mol. The molecule has 0 unspecified atom stereocenters. The van der Waals surface area contributed by atoms with Gasteiger partial charge in [0.15, 0.2) is 0 Å². The Kier molecular flexibility index (Phi) is 4.69. The first-order valence-electron chi connectivity index (χ1n) is 6.20. The van der Waals surface area contributed by atoms with Crippen LogP contribution in [-0.4, -0.2) is 21.6 Å². The molecule has 0 spiro atoms. The highest BCUT2D eigenvalue weighted by Gasteiger charge is 2.03. The van der Waals surface area contributed by atoms with Gasteiger partial charge < -0.3 is 15.2 Å². The quantitative estimate of drug-likeness (QED) is 0.830. The van der Waals surface area contributed by atoms with Gasteiger partial charge in [0.2, 0.25) is 0 Å². The molecule has 0 fully saturated rings. The predicted molar refractivity (Wildman–Crippen MR) is 72.9 cm³/mol. The summed E-state index contributed by atoms with van der Waals surface area (Å²) in [6.07, 6.45) is 3.36. The fourth-order valence-electron chi connectivity index (χ4n) is 1.63. The van der Waals surface area contributed by atoms with Crippen molar-refractivity contribution in [2.45, 2.75) is 20.1 Å². The summed E-state index contributed by atoms with van der Waals surface area (Å²) in [7, 11) is 0. The lowest BCUT2D eigenvalue weighted by Gasteiger charge is -2.09. The van der Waals surface area contributed by atoms with Crippen LogP contribution < -0.4 is 10.1 Å². The van der Waals surface area contributed by atoms with Crippen molar-refractivity contribution in [3.8, 4) is 5.75 Å². The van der Waals surface area contributed by atoms with Crippen LogP contribution in [0.2, 0.25) is 0 Å². The molecule has 0 aliphatic rings. The van der Waals surface area contributed by atoms with Gasteiger partial charge in [0.05, 0.1) is 24.7 Å². The van der Waals surface area contributed by atoms with Crippen molar-refractivity contribution in [2.75, 3.05) is 11.9 Å². The molecular formula is C14H17N3O2. The number of nitrogens with zero attached hydrogens (tertiary/aromatic N) is 2. The number of anilines is 1. The van der Waals surface area contributed by atoms with E-state index in [0.29, 0.717) is 12.4 Å². The Balaban J connectivity index is 1.98. The molecule has 1 heterocycles. The molecule has 0 saturated heterocycles. The maximum Gasteiger partial charge on any atom is 0.144 e. The molecule has 2 aromatic rings. The summed E-state index contributed by atoms with van der Waals surface area (Å²) in [5.74, 6) is 1.42. The normalized spacial score (nSPS) is 10.2. The van der Waals surface area contributed by atoms with Crippen molar-refractivity contribution < 1.29 is 9.84 Å². The fraction of sp³-hybridized carbons (Fsp3) is 0.286. The number of hydrogen-bond donors (Lipinski definition) is 2. The topological polar surface area (TPSA) is 67.3 Å². The van der Waals surface area contributed by atoms with E-state index in [1.54, 1.807) is 12.4 Å². The lowest BCUT2D eigenvalue weighted by atomic mass is 10.2. The van der Waals surface area contributed by atoms with Gasteiger partial charge in [0.1, 0.15) is 18.2 Å². The molecule has 2 N–H and O–H groups in total. The van der Waals surface area contributed by atoms with Crippen LogP contribution in [0.1, 0.15) is 18.2 Å². The van der Waals surface area contributed by atoms with Crippen molar-refractivity contribution in [3.63, 3.8) is 0 Å². The van der Waals surface area contributed by atoms with Gasteiger partial charge in [0.25, 0.3) is 0 Å². The Bertz CT molecular complexity index is 514. The van der Waals surface area contributed by atoms with Crippen LogP contribution in [0.3, 0.4) is 0 Å². The largest absolute Gasteiger partial charge is 0.487 e. The molecule has 0 bridgehead atoms. The average molecular weight is 259 g/mol. The standard InChI is InChI=1S/C14H17N3O2/c1-2-15-14-8-16-12(7-17-14)10-19-13-6-4-3-5-11(13)9-18/h3-8,18H,2,9-10H2,1H3,(H,15,17). The minimum atomic E-state index is -0.0405. The third kappa shape index (κ3) is 3.66. The number of para-hydroxylation sites is 1. The Labute approximate surface area is 112 Å². The summed E-state index contributed by atoms with van der Waals surface area (Å²) in [4.78, 5) is 8.48. The molecule has 19 heavy (non-hydrogen) atoms. The number of nitrogens with one attached hydrogen (secondary N) is 1. The van der Waals surface area contributed by atoms with E-state index >= 15 is 0 Å². The predicted octanol–water partition coefficient (Wildman–Crippen LogP) is 1.98. The van der Waals surface area contributed by atoms with Gasteiger partial charge in [-0.1, -0.05) is 18.2 Å². The minimum Gasteiger partial charge on any atom is -0.487 e. The van der Waals surface area contributed by atoms with Crippen LogP contribution in [0.25, 0.3) is 0 Å². The summed E-state index contributed by atoms with van der Waals surface area (Å²) in [6, 6.07) is 7.39. The van der Waals surface area contributed by atoms with E-state index in [9.17, 15) is 5.11 Å². The molecule has 100 valence electrons. The molecule has 0 aliphatic heterocycles. The first kappa shape index (κ1) is 13.3. The minimum absolute atomic E-state index is 0.0405. The SMILES string of the molecule is CCNc1cnc(COc2ccccc2CO)cn1. The van der Waals surface area contributed by atoms with Gasteiger partial charge in [-0.05, 0) is 13.0 Å². The number of aliphatic hydroxyl groups excluding tert-OH is 1. The highest BCUT2D eigenvalue weighted by molar-refractivity contribution is 5.33. The van der Waals surface area contributed by atoms with E-state index in [1.165, 1.54) is 0 Å². The fourth-order valence-corrected chi connectivity index (χ4v) is 1.63. The number of rotatable bonds is 6.